The van der Waals surface area contributed by atoms with Crippen molar-refractivity contribution in [3.63, 3.8) is 0 Å². The number of para-hydroxylation sites is 1. The minimum Gasteiger partial charge on any atom is -0.497 e. The van der Waals surface area contributed by atoms with Crippen LogP contribution >= 0.6 is 0 Å². The number of nitrogens with zero attached hydrogens (tertiary/aromatic N) is 1. The average Bonchev–Trinajstić information content (AvgIpc) is 2.71. The molecule has 0 spiro atoms. The van der Waals surface area contributed by atoms with Gasteiger partial charge in [0, 0.05) is 23.2 Å². The van der Waals surface area contributed by atoms with Crippen LogP contribution in [0.4, 0.5) is 13.2 Å². The molecule has 1 atom stereocenters. The van der Waals surface area contributed by atoms with E-state index in [-0.39, 0.29) is 10.9 Å². The Balaban J connectivity index is 1.98. The van der Waals surface area contributed by atoms with E-state index in [4.69, 9.17) is 9.47 Å². The van der Waals surface area contributed by atoms with Crippen molar-refractivity contribution in [3.05, 3.63) is 65.4 Å². The average molecular weight is 404 g/mol. The zero-order chi connectivity index (χ0) is 21.2. The van der Waals surface area contributed by atoms with Gasteiger partial charge in [-0.1, -0.05) is 18.2 Å². The first-order chi connectivity index (χ1) is 13.8. The number of halogens is 3. The molecule has 5 nitrogen and oxygen atoms in total. The number of aromatic nitrogens is 1. The first-order valence-corrected chi connectivity index (χ1v) is 8.74. The first-order valence-electron chi connectivity index (χ1n) is 8.74. The van der Waals surface area contributed by atoms with Gasteiger partial charge in [0.15, 0.2) is 0 Å². The number of carbonyl (C=O) groups is 1. The standard InChI is InChI=1S/C21H19F3N2O3/c1-12(14-9-8-13(28-2)10-18(14)29-3)26-20(27)16-11-25-17-7-5-4-6-15(17)19(16)21(22,23)24/h4-12H,1-3H3,(H,26,27). The number of hydrogen-bond acceptors (Lipinski definition) is 4. The molecule has 1 unspecified atom stereocenters. The topological polar surface area (TPSA) is 60.5 Å². The molecule has 152 valence electrons. The third-order valence-electron chi connectivity index (χ3n) is 4.56. The molecule has 0 bridgehead atoms. The maximum Gasteiger partial charge on any atom is 0.417 e. The number of amides is 1. The SMILES string of the molecule is COc1ccc(C(C)NC(=O)c2cnc3ccccc3c2C(F)(F)F)c(OC)c1. The third-order valence-corrected chi connectivity index (χ3v) is 4.56. The minimum atomic E-state index is -4.71. The summed E-state index contributed by atoms with van der Waals surface area (Å²) in [5, 5.41) is 2.48. The van der Waals surface area contributed by atoms with Gasteiger partial charge in [-0.2, -0.15) is 13.2 Å². The maximum absolute atomic E-state index is 13.8. The van der Waals surface area contributed by atoms with E-state index < -0.39 is 29.3 Å². The molecule has 0 fully saturated rings. The fourth-order valence-electron chi connectivity index (χ4n) is 3.15. The molecule has 29 heavy (non-hydrogen) atoms. The summed E-state index contributed by atoms with van der Waals surface area (Å²) in [6.07, 6.45) is -3.76. The fraction of sp³-hybridized carbons (Fsp3) is 0.238. The summed E-state index contributed by atoms with van der Waals surface area (Å²) < 4.78 is 51.7. The first kappa shape index (κ1) is 20.4. The second-order valence-electron chi connectivity index (χ2n) is 6.36. The van der Waals surface area contributed by atoms with E-state index in [1.807, 2.05) is 0 Å². The summed E-state index contributed by atoms with van der Waals surface area (Å²) in [6.45, 7) is 1.66. The summed E-state index contributed by atoms with van der Waals surface area (Å²) in [5.74, 6) is 0.132. The molecule has 2 aromatic carbocycles. The van der Waals surface area contributed by atoms with Crippen LogP contribution in [0.5, 0.6) is 11.5 Å². The van der Waals surface area contributed by atoms with Crippen LogP contribution in [0, 0.1) is 0 Å². The number of alkyl halides is 3. The fourth-order valence-corrected chi connectivity index (χ4v) is 3.15. The van der Waals surface area contributed by atoms with Crippen molar-refractivity contribution >= 4 is 16.8 Å². The van der Waals surface area contributed by atoms with Crippen molar-refractivity contribution in [1.82, 2.24) is 10.3 Å². The van der Waals surface area contributed by atoms with E-state index in [0.29, 0.717) is 17.1 Å². The van der Waals surface area contributed by atoms with Crippen LogP contribution in [0.15, 0.2) is 48.7 Å². The lowest BCUT2D eigenvalue weighted by atomic mass is 10.0. The predicted octanol–water partition coefficient (Wildman–Crippen LogP) is 4.76. The Labute approximate surface area is 165 Å². The summed E-state index contributed by atoms with van der Waals surface area (Å²) >= 11 is 0. The highest BCUT2D eigenvalue weighted by atomic mass is 19.4. The van der Waals surface area contributed by atoms with E-state index >= 15 is 0 Å². The number of hydrogen-bond donors (Lipinski definition) is 1. The lowest BCUT2D eigenvalue weighted by Gasteiger charge is -2.20. The van der Waals surface area contributed by atoms with Crippen molar-refractivity contribution in [2.75, 3.05) is 14.2 Å². The number of rotatable bonds is 5. The van der Waals surface area contributed by atoms with Gasteiger partial charge in [0.1, 0.15) is 11.5 Å². The third kappa shape index (κ3) is 4.11. The Bertz CT molecular complexity index is 1050. The van der Waals surface area contributed by atoms with Crippen LogP contribution < -0.4 is 14.8 Å². The predicted molar refractivity (Wildman–Crippen MR) is 102 cm³/mol. The molecule has 1 amide bonds. The molecule has 0 radical (unpaired) electrons. The Kier molecular flexibility index (Phi) is 5.63. The van der Waals surface area contributed by atoms with E-state index in [9.17, 15) is 18.0 Å². The van der Waals surface area contributed by atoms with E-state index in [1.165, 1.54) is 32.4 Å². The quantitative estimate of drug-likeness (QED) is 0.666. The molecular formula is C21H19F3N2O3. The van der Waals surface area contributed by atoms with Crippen LogP contribution in [0.1, 0.15) is 34.5 Å². The number of benzene rings is 2. The zero-order valence-corrected chi connectivity index (χ0v) is 16.0. The molecule has 0 aliphatic rings. The highest BCUT2D eigenvalue weighted by molar-refractivity contribution is 6.00. The number of fused-ring (bicyclic) bond motifs is 1. The largest absolute Gasteiger partial charge is 0.497 e. The maximum atomic E-state index is 13.8. The van der Waals surface area contributed by atoms with Crippen LogP contribution in [-0.4, -0.2) is 25.1 Å². The van der Waals surface area contributed by atoms with Crippen LogP contribution in [0.25, 0.3) is 10.9 Å². The molecule has 8 heteroatoms. The Morgan fingerprint density at radius 2 is 1.83 bits per heavy atom. The van der Waals surface area contributed by atoms with Gasteiger partial charge in [-0.05, 0) is 25.1 Å². The molecule has 1 N–H and O–H groups in total. The molecule has 1 aromatic heterocycles. The van der Waals surface area contributed by atoms with Crippen molar-refractivity contribution in [1.29, 1.82) is 0 Å². The van der Waals surface area contributed by atoms with E-state index in [2.05, 4.69) is 10.3 Å². The van der Waals surface area contributed by atoms with Crippen molar-refractivity contribution in [2.45, 2.75) is 19.1 Å². The lowest BCUT2D eigenvalue weighted by Crippen LogP contribution is -2.29. The lowest BCUT2D eigenvalue weighted by molar-refractivity contribution is -0.136. The summed E-state index contributed by atoms with van der Waals surface area (Å²) in [5.41, 5.74) is -0.768. The minimum absolute atomic E-state index is 0.123. The second kappa shape index (κ2) is 7.98. The smallest absolute Gasteiger partial charge is 0.417 e. The van der Waals surface area contributed by atoms with Crippen molar-refractivity contribution in [3.8, 4) is 11.5 Å². The summed E-state index contributed by atoms with van der Waals surface area (Å²) in [7, 11) is 2.97. The van der Waals surface area contributed by atoms with Gasteiger partial charge < -0.3 is 14.8 Å². The molecule has 0 aliphatic carbocycles. The number of methoxy groups -OCH3 is 2. The van der Waals surface area contributed by atoms with Gasteiger partial charge in [0.25, 0.3) is 5.91 Å². The Hall–Kier alpha value is -3.29. The van der Waals surface area contributed by atoms with Crippen LogP contribution in [-0.2, 0) is 6.18 Å². The van der Waals surface area contributed by atoms with Gasteiger partial charge in [-0.25, -0.2) is 0 Å². The van der Waals surface area contributed by atoms with Crippen molar-refractivity contribution in [2.24, 2.45) is 0 Å². The Morgan fingerprint density at radius 1 is 1.10 bits per heavy atom. The van der Waals surface area contributed by atoms with Gasteiger partial charge in [0.2, 0.25) is 0 Å². The van der Waals surface area contributed by atoms with Gasteiger partial charge in [-0.3, -0.25) is 9.78 Å². The molecule has 0 saturated heterocycles. The van der Waals surface area contributed by atoms with E-state index in [0.717, 1.165) is 6.20 Å². The molecule has 0 aliphatic heterocycles. The number of carbonyl (C=O) groups excluding carboxylic acids is 1. The van der Waals surface area contributed by atoms with Gasteiger partial charge >= 0.3 is 6.18 Å². The molecule has 3 rings (SSSR count). The summed E-state index contributed by atoms with van der Waals surface area (Å²) in [6, 6.07) is 10.2. The molecule has 1 heterocycles. The van der Waals surface area contributed by atoms with Crippen molar-refractivity contribution < 1.29 is 27.4 Å². The van der Waals surface area contributed by atoms with Gasteiger partial charge in [-0.15, -0.1) is 0 Å². The highest BCUT2D eigenvalue weighted by Crippen LogP contribution is 2.37. The summed E-state index contributed by atoms with van der Waals surface area (Å²) in [4.78, 5) is 16.8. The van der Waals surface area contributed by atoms with Gasteiger partial charge in [0.05, 0.1) is 36.9 Å². The number of nitrogens with one attached hydrogen (secondary N) is 1. The second-order valence-corrected chi connectivity index (χ2v) is 6.36. The number of ether oxygens (including phenoxy) is 2. The Morgan fingerprint density at radius 3 is 2.48 bits per heavy atom. The molecular weight excluding hydrogens is 385 g/mol. The van der Waals surface area contributed by atoms with Crippen LogP contribution in [0.3, 0.4) is 0 Å². The van der Waals surface area contributed by atoms with Crippen LogP contribution in [0.2, 0.25) is 0 Å². The zero-order valence-electron chi connectivity index (χ0n) is 16.0. The molecule has 0 saturated carbocycles. The molecule has 3 aromatic rings. The van der Waals surface area contributed by atoms with E-state index in [1.54, 1.807) is 31.2 Å². The number of pyridine rings is 1. The highest BCUT2D eigenvalue weighted by Gasteiger charge is 2.38. The normalized spacial score (nSPS) is 12.5. The monoisotopic (exact) mass is 404 g/mol.